The van der Waals surface area contributed by atoms with Crippen LogP contribution >= 0.6 is 0 Å². The van der Waals surface area contributed by atoms with Crippen LogP contribution in [0.4, 0.5) is 19.0 Å². The predicted molar refractivity (Wildman–Crippen MR) is 130 cm³/mol. The van der Waals surface area contributed by atoms with Crippen LogP contribution in [-0.4, -0.2) is 48.9 Å². The Kier molecular flexibility index (Phi) is 6.61. The van der Waals surface area contributed by atoms with Crippen LogP contribution in [0.1, 0.15) is 35.7 Å². The fourth-order valence-corrected chi connectivity index (χ4v) is 4.10. The molecule has 10 nitrogen and oxygen atoms in total. The van der Waals surface area contributed by atoms with E-state index in [9.17, 15) is 18.4 Å². The number of halogens is 3. The second-order valence-corrected chi connectivity index (χ2v) is 8.82. The van der Waals surface area contributed by atoms with Crippen LogP contribution in [-0.2, 0) is 19.8 Å². The molecule has 1 aliphatic rings. The number of alkyl halides is 3. The van der Waals surface area contributed by atoms with Gasteiger partial charge in [-0.15, -0.1) is 0 Å². The molecule has 0 amide bonds. The molecule has 4 aromatic rings. The first-order chi connectivity index (χ1) is 18.2. The summed E-state index contributed by atoms with van der Waals surface area (Å²) < 4.78 is 51.2. The SMILES string of the molecule is COc1cnc(-c2c(OC)ncnc2C2CC2)nc1N(O)Cc1ccc(-c2nc(C(F)(F)F)cn2C)cc1. The van der Waals surface area contributed by atoms with Crippen molar-refractivity contribution in [2.45, 2.75) is 31.5 Å². The average Bonchev–Trinajstić information content (AvgIpc) is 3.68. The third-order valence-corrected chi connectivity index (χ3v) is 6.13. The van der Waals surface area contributed by atoms with Crippen molar-refractivity contribution in [1.29, 1.82) is 0 Å². The molecule has 0 atom stereocenters. The molecule has 3 heterocycles. The molecular formula is C25H24F3N7O3. The Bertz CT molecular complexity index is 1450. The Morgan fingerprint density at radius 3 is 2.39 bits per heavy atom. The highest BCUT2D eigenvalue weighted by atomic mass is 19.4. The highest BCUT2D eigenvalue weighted by molar-refractivity contribution is 5.68. The minimum atomic E-state index is -4.53. The third kappa shape index (κ3) is 4.96. The van der Waals surface area contributed by atoms with Gasteiger partial charge >= 0.3 is 6.18 Å². The summed E-state index contributed by atoms with van der Waals surface area (Å²) in [6.45, 7) is 0.0133. The van der Waals surface area contributed by atoms with Crippen molar-refractivity contribution < 1.29 is 27.9 Å². The molecule has 1 saturated carbocycles. The van der Waals surface area contributed by atoms with Crippen LogP contribution in [0.5, 0.6) is 11.6 Å². The summed E-state index contributed by atoms with van der Waals surface area (Å²) in [4.78, 5) is 21.3. The summed E-state index contributed by atoms with van der Waals surface area (Å²) in [6, 6.07) is 6.66. The lowest BCUT2D eigenvalue weighted by atomic mass is 10.1. The van der Waals surface area contributed by atoms with Gasteiger partial charge in [0.05, 0.1) is 32.7 Å². The Morgan fingerprint density at radius 2 is 1.79 bits per heavy atom. The van der Waals surface area contributed by atoms with E-state index in [4.69, 9.17) is 9.47 Å². The second-order valence-electron chi connectivity index (χ2n) is 8.82. The summed E-state index contributed by atoms with van der Waals surface area (Å²) in [5, 5.41) is 11.9. The summed E-state index contributed by atoms with van der Waals surface area (Å²) in [6.07, 6.45) is 1.29. The molecule has 1 fully saturated rings. The maximum Gasteiger partial charge on any atom is 0.434 e. The smallest absolute Gasteiger partial charge is 0.434 e. The van der Waals surface area contributed by atoms with Gasteiger partial charge in [0.2, 0.25) is 5.88 Å². The fourth-order valence-electron chi connectivity index (χ4n) is 4.10. The van der Waals surface area contributed by atoms with Crippen molar-refractivity contribution in [3.63, 3.8) is 0 Å². The van der Waals surface area contributed by atoms with E-state index in [1.54, 1.807) is 24.3 Å². The van der Waals surface area contributed by atoms with Gasteiger partial charge in [0, 0.05) is 24.7 Å². The molecule has 13 heteroatoms. The number of methoxy groups -OCH3 is 2. The Hall–Kier alpha value is -4.26. The topological polar surface area (TPSA) is 111 Å². The molecule has 3 aromatic heterocycles. The molecule has 5 rings (SSSR count). The summed E-state index contributed by atoms with van der Waals surface area (Å²) in [5.74, 6) is 1.42. The first-order valence-corrected chi connectivity index (χ1v) is 11.7. The lowest BCUT2D eigenvalue weighted by molar-refractivity contribution is -0.140. The molecule has 0 unspecified atom stereocenters. The van der Waals surface area contributed by atoms with Crippen molar-refractivity contribution in [2.75, 3.05) is 19.3 Å². The maximum atomic E-state index is 13.0. The Morgan fingerprint density at radius 1 is 1.05 bits per heavy atom. The van der Waals surface area contributed by atoms with Crippen LogP contribution in [0.3, 0.4) is 0 Å². The minimum absolute atomic E-state index is 0.0133. The predicted octanol–water partition coefficient (Wildman–Crippen LogP) is 4.64. The Balaban J connectivity index is 1.42. The number of aryl methyl sites for hydroxylation is 1. The van der Waals surface area contributed by atoms with E-state index in [-0.39, 0.29) is 35.7 Å². The largest absolute Gasteiger partial charge is 0.491 e. The van der Waals surface area contributed by atoms with Crippen LogP contribution in [0, 0.1) is 0 Å². The van der Waals surface area contributed by atoms with Gasteiger partial charge in [-0.2, -0.15) is 13.2 Å². The highest BCUT2D eigenvalue weighted by Gasteiger charge is 2.35. The lowest BCUT2D eigenvalue weighted by Gasteiger charge is -2.19. The molecule has 0 aliphatic heterocycles. The maximum absolute atomic E-state index is 13.0. The van der Waals surface area contributed by atoms with Gasteiger partial charge in [0.15, 0.2) is 23.1 Å². The van der Waals surface area contributed by atoms with Gasteiger partial charge in [0.25, 0.3) is 0 Å². The van der Waals surface area contributed by atoms with Crippen molar-refractivity contribution in [3.05, 3.63) is 59.9 Å². The van der Waals surface area contributed by atoms with Crippen LogP contribution in [0.2, 0.25) is 0 Å². The normalized spacial score (nSPS) is 13.4. The molecule has 1 aliphatic carbocycles. The van der Waals surface area contributed by atoms with E-state index < -0.39 is 11.9 Å². The number of hydrogen-bond acceptors (Lipinski definition) is 9. The fraction of sp³-hybridized carbons (Fsp3) is 0.320. The molecule has 1 N–H and O–H groups in total. The molecule has 0 spiro atoms. The molecule has 38 heavy (non-hydrogen) atoms. The van der Waals surface area contributed by atoms with E-state index in [1.165, 1.54) is 38.4 Å². The van der Waals surface area contributed by atoms with E-state index in [2.05, 4.69) is 24.9 Å². The number of rotatable bonds is 8. The number of nitrogens with zero attached hydrogens (tertiary/aromatic N) is 7. The van der Waals surface area contributed by atoms with Crippen LogP contribution < -0.4 is 14.5 Å². The van der Waals surface area contributed by atoms with E-state index in [0.29, 0.717) is 22.6 Å². The highest BCUT2D eigenvalue weighted by Crippen LogP contribution is 2.45. The zero-order chi connectivity index (χ0) is 27.0. The monoisotopic (exact) mass is 527 g/mol. The molecule has 1 aromatic carbocycles. The standard InChI is InChI=1S/C25H24F3N7O3/c1-34-12-18(25(26,27)28)32-22(34)16-6-4-14(5-7-16)11-35(36)23-17(37-2)10-29-21(33-23)19-20(15-8-9-15)30-13-31-24(19)38-3/h4-7,10,12-13,15,36H,8-9,11H2,1-3H3. The van der Waals surface area contributed by atoms with Gasteiger partial charge in [-0.05, 0) is 18.4 Å². The summed E-state index contributed by atoms with van der Waals surface area (Å²) >= 11 is 0. The minimum Gasteiger partial charge on any atom is -0.491 e. The number of ether oxygens (including phenoxy) is 2. The van der Waals surface area contributed by atoms with Gasteiger partial charge < -0.3 is 14.0 Å². The van der Waals surface area contributed by atoms with Crippen molar-refractivity contribution in [3.8, 4) is 34.4 Å². The molecule has 0 radical (unpaired) electrons. The summed E-state index contributed by atoms with van der Waals surface area (Å²) in [5.41, 5.74) is 1.56. The first kappa shape index (κ1) is 25.4. The number of imidazole rings is 1. The number of hydroxylamine groups is 1. The second kappa shape index (κ2) is 9.89. The molecular weight excluding hydrogens is 503 g/mol. The van der Waals surface area contributed by atoms with Crippen LogP contribution in [0.15, 0.2) is 43.0 Å². The molecule has 0 bridgehead atoms. The van der Waals surface area contributed by atoms with Gasteiger partial charge in [-0.3, -0.25) is 5.21 Å². The number of benzene rings is 1. The molecule has 0 saturated heterocycles. The Labute approximate surface area is 215 Å². The van der Waals surface area contributed by atoms with Crippen molar-refractivity contribution >= 4 is 5.82 Å². The first-order valence-electron chi connectivity index (χ1n) is 11.7. The third-order valence-electron chi connectivity index (χ3n) is 6.13. The van der Waals surface area contributed by atoms with E-state index in [1.807, 2.05) is 0 Å². The van der Waals surface area contributed by atoms with Gasteiger partial charge in [-0.25, -0.2) is 30.0 Å². The molecule has 198 valence electrons. The number of anilines is 1. The lowest BCUT2D eigenvalue weighted by Crippen LogP contribution is -2.20. The van der Waals surface area contributed by atoms with Crippen molar-refractivity contribution in [2.24, 2.45) is 7.05 Å². The quantitative estimate of drug-likeness (QED) is 0.328. The zero-order valence-corrected chi connectivity index (χ0v) is 20.8. The average molecular weight is 528 g/mol. The number of hydrogen-bond donors (Lipinski definition) is 1. The van der Waals surface area contributed by atoms with E-state index in [0.717, 1.165) is 29.8 Å². The summed E-state index contributed by atoms with van der Waals surface area (Å²) in [7, 11) is 4.44. The van der Waals surface area contributed by atoms with Gasteiger partial charge in [0.1, 0.15) is 17.7 Å². The zero-order valence-electron chi connectivity index (χ0n) is 20.8. The van der Waals surface area contributed by atoms with Crippen molar-refractivity contribution in [1.82, 2.24) is 29.5 Å². The van der Waals surface area contributed by atoms with Crippen LogP contribution in [0.25, 0.3) is 22.8 Å². The number of aromatic nitrogens is 6. The van der Waals surface area contributed by atoms with E-state index >= 15 is 0 Å². The van der Waals surface area contributed by atoms with Gasteiger partial charge in [-0.1, -0.05) is 24.3 Å².